The van der Waals surface area contributed by atoms with E-state index in [1.165, 1.54) is 10.6 Å². The molecule has 0 atom stereocenters. The summed E-state index contributed by atoms with van der Waals surface area (Å²) in [5.41, 5.74) is 0.00487. The first-order chi connectivity index (χ1) is 14.8. The Morgan fingerprint density at radius 3 is 2.35 bits per heavy atom. The lowest BCUT2D eigenvalue weighted by Gasteiger charge is -2.15. The van der Waals surface area contributed by atoms with Crippen LogP contribution in [0.2, 0.25) is 10.0 Å². The summed E-state index contributed by atoms with van der Waals surface area (Å²) in [7, 11) is 0. The number of nitrogens with one attached hydrogen (secondary N) is 1. The third-order valence-electron chi connectivity index (χ3n) is 4.58. The van der Waals surface area contributed by atoms with Gasteiger partial charge >= 0.3 is 5.69 Å². The lowest BCUT2D eigenvalue weighted by Crippen LogP contribution is -2.40. The fourth-order valence-corrected chi connectivity index (χ4v) is 3.99. The number of hydrogen-bond acceptors (Lipinski definition) is 3. The van der Waals surface area contributed by atoms with Gasteiger partial charge in [0.1, 0.15) is 6.54 Å². The summed E-state index contributed by atoms with van der Waals surface area (Å²) in [4.78, 5) is 39.2. The van der Waals surface area contributed by atoms with E-state index in [1.54, 1.807) is 60.7 Å². The molecule has 31 heavy (non-hydrogen) atoms. The molecule has 0 aliphatic heterocycles. The molecule has 3 aromatic carbocycles. The van der Waals surface area contributed by atoms with Crippen LogP contribution in [0.3, 0.4) is 0 Å². The summed E-state index contributed by atoms with van der Waals surface area (Å²) in [6.07, 6.45) is 0. The van der Waals surface area contributed by atoms with Gasteiger partial charge in [-0.25, -0.2) is 9.36 Å². The van der Waals surface area contributed by atoms with Crippen LogP contribution in [0.1, 0.15) is 0 Å². The standard InChI is InChI=1S/C22H14BrCl2N3O3/c23-13-7-8-19-18(9-13)21(30)28(17-6-2-4-15(25)11-17)22(31)27(19)12-20(29)26-16-5-1-3-14(24)10-16/h1-11H,12H2,(H,26,29). The summed E-state index contributed by atoms with van der Waals surface area (Å²) in [6, 6.07) is 18.0. The number of fused-ring (bicyclic) bond motifs is 1. The van der Waals surface area contributed by atoms with E-state index in [-0.39, 0.29) is 11.9 Å². The van der Waals surface area contributed by atoms with E-state index in [0.717, 1.165) is 4.57 Å². The normalized spacial score (nSPS) is 10.9. The molecule has 1 heterocycles. The molecule has 0 unspecified atom stereocenters. The first-order valence-electron chi connectivity index (χ1n) is 9.10. The van der Waals surface area contributed by atoms with Crippen LogP contribution in [0.4, 0.5) is 5.69 Å². The molecular weight excluding hydrogens is 505 g/mol. The Balaban J connectivity index is 1.87. The van der Waals surface area contributed by atoms with Crippen molar-refractivity contribution < 1.29 is 4.79 Å². The lowest BCUT2D eigenvalue weighted by atomic mass is 10.2. The van der Waals surface area contributed by atoms with Crippen molar-refractivity contribution in [3.63, 3.8) is 0 Å². The second-order valence-corrected chi connectivity index (χ2v) is 8.50. The Hall–Kier alpha value is -2.87. The molecule has 0 aliphatic carbocycles. The van der Waals surface area contributed by atoms with Crippen LogP contribution in [0.25, 0.3) is 16.6 Å². The van der Waals surface area contributed by atoms with Gasteiger partial charge in [-0.15, -0.1) is 0 Å². The maximum atomic E-state index is 13.3. The number of halogens is 3. The largest absolute Gasteiger partial charge is 0.336 e. The molecule has 0 spiro atoms. The van der Waals surface area contributed by atoms with Crippen molar-refractivity contribution >= 4 is 61.6 Å². The van der Waals surface area contributed by atoms with Gasteiger partial charge in [-0.2, -0.15) is 0 Å². The molecule has 4 aromatic rings. The molecule has 0 radical (unpaired) electrons. The SMILES string of the molecule is O=C(Cn1c(=O)n(-c2cccc(Cl)c2)c(=O)c2cc(Br)ccc21)Nc1cccc(Cl)c1. The molecule has 0 saturated carbocycles. The van der Waals surface area contributed by atoms with Gasteiger partial charge in [0.15, 0.2) is 0 Å². The van der Waals surface area contributed by atoms with Crippen molar-refractivity contribution in [1.29, 1.82) is 0 Å². The summed E-state index contributed by atoms with van der Waals surface area (Å²) in [5, 5.41) is 3.85. The summed E-state index contributed by atoms with van der Waals surface area (Å²) in [6.45, 7) is -0.301. The molecule has 1 aromatic heterocycles. The average Bonchev–Trinajstić information content (AvgIpc) is 2.71. The first kappa shape index (κ1) is 21.4. The number of carbonyl (C=O) groups excluding carboxylic acids is 1. The third kappa shape index (κ3) is 4.44. The van der Waals surface area contributed by atoms with E-state index in [0.29, 0.717) is 31.4 Å². The highest BCUT2D eigenvalue weighted by molar-refractivity contribution is 9.10. The van der Waals surface area contributed by atoms with Crippen LogP contribution >= 0.6 is 39.1 Å². The zero-order valence-corrected chi connectivity index (χ0v) is 18.9. The van der Waals surface area contributed by atoms with Crippen LogP contribution in [0, 0.1) is 0 Å². The molecular formula is C22H14BrCl2N3O3. The van der Waals surface area contributed by atoms with Crippen molar-refractivity contribution in [3.8, 4) is 5.69 Å². The minimum absolute atomic E-state index is 0.282. The third-order valence-corrected chi connectivity index (χ3v) is 5.55. The summed E-state index contributed by atoms with van der Waals surface area (Å²) >= 11 is 15.4. The van der Waals surface area contributed by atoms with Crippen molar-refractivity contribution in [3.05, 3.63) is 102 Å². The predicted molar refractivity (Wildman–Crippen MR) is 127 cm³/mol. The minimum Gasteiger partial charge on any atom is -0.324 e. The van der Waals surface area contributed by atoms with Crippen LogP contribution in [-0.2, 0) is 11.3 Å². The molecule has 9 heteroatoms. The van der Waals surface area contributed by atoms with Gasteiger partial charge in [0.25, 0.3) is 5.56 Å². The fourth-order valence-electron chi connectivity index (χ4n) is 3.25. The highest BCUT2D eigenvalue weighted by Gasteiger charge is 2.17. The fraction of sp³-hybridized carbons (Fsp3) is 0.0455. The predicted octanol–water partition coefficient (Wildman–Crippen LogP) is 4.86. The number of rotatable bonds is 4. The van der Waals surface area contributed by atoms with Gasteiger partial charge < -0.3 is 5.32 Å². The Bertz CT molecular complexity index is 1450. The minimum atomic E-state index is -0.650. The van der Waals surface area contributed by atoms with Crippen LogP contribution in [0.5, 0.6) is 0 Å². The van der Waals surface area contributed by atoms with E-state index < -0.39 is 17.2 Å². The van der Waals surface area contributed by atoms with Crippen molar-refractivity contribution in [2.24, 2.45) is 0 Å². The number of carbonyl (C=O) groups is 1. The number of hydrogen-bond donors (Lipinski definition) is 1. The Morgan fingerprint density at radius 2 is 1.65 bits per heavy atom. The monoisotopic (exact) mass is 517 g/mol. The van der Waals surface area contributed by atoms with E-state index in [9.17, 15) is 14.4 Å². The molecule has 1 amide bonds. The summed E-state index contributed by atoms with van der Waals surface area (Å²) < 4.78 is 2.93. The highest BCUT2D eigenvalue weighted by atomic mass is 79.9. The molecule has 0 saturated heterocycles. The Labute approximate surface area is 194 Å². The van der Waals surface area contributed by atoms with Crippen molar-refractivity contribution in [2.45, 2.75) is 6.54 Å². The number of amides is 1. The number of anilines is 1. The molecule has 6 nitrogen and oxygen atoms in total. The van der Waals surface area contributed by atoms with Crippen LogP contribution in [-0.4, -0.2) is 15.0 Å². The van der Waals surface area contributed by atoms with Crippen LogP contribution in [0.15, 0.2) is 80.8 Å². The van der Waals surface area contributed by atoms with E-state index in [1.807, 2.05) is 0 Å². The Kier molecular flexibility index (Phi) is 6.00. The van der Waals surface area contributed by atoms with E-state index >= 15 is 0 Å². The molecule has 0 aliphatic rings. The molecule has 0 bridgehead atoms. The van der Waals surface area contributed by atoms with E-state index in [2.05, 4.69) is 21.2 Å². The highest BCUT2D eigenvalue weighted by Crippen LogP contribution is 2.19. The first-order valence-corrected chi connectivity index (χ1v) is 10.6. The van der Waals surface area contributed by atoms with Gasteiger partial charge in [0.05, 0.1) is 16.6 Å². The second kappa shape index (κ2) is 8.70. The average molecular weight is 519 g/mol. The number of nitrogens with zero attached hydrogens (tertiary/aromatic N) is 2. The van der Waals surface area contributed by atoms with Gasteiger partial charge in [0, 0.05) is 20.2 Å². The van der Waals surface area contributed by atoms with Gasteiger partial charge in [-0.3, -0.25) is 14.2 Å². The maximum Gasteiger partial charge on any atom is 0.336 e. The zero-order chi connectivity index (χ0) is 22.1. The second-order valence-electron chi connectivity index (χ2n) is 6.71. The number of aromatic nitrogens is 2. The zero-order valence-electron chi connectivity index (χ0n) is 15.8. The summed E-state index contributed by atoms with van der Waals surface area (Å²) in [5.74, 6) is -0.440. The topological polar surface area (TPSA) is 73.1 Å². The molecule has 156 valence electrons. The van der Waals surface area contributed by atoms with Gasteiger partial charge in [0.2, 0.25) is 5.91 Å². The molecule has 0 fully saturated rings. The van der Waals surface area contributed by atoms with Crippen molar-refractivity contribution in [1.82, 2.24) is 9.13 Å². The van der Waals surface area contributed by atoms with Gasteiger partial charge in [-0.05, 0) is 54.6 Å². The van der Waals surface area contributed by atoms with E-state index in [4.69, 9.17) is 23.2 Å². The van der Waals surface area contributed by atoms with Gasteiger partial charge in [-0.1, -0.05) is 51.3 Å². The van der Waals surface area contributed by atoms with Crippen molar-refractivity contribution in [2.75, 3.05) is 5.32 Å². The lowest BCUT2D eigenvalue weighted by molar-refractivity contribution is -0.116. The number of benzene rings is 3. The molecule has 4 rings (SSSR count). The Morgan fingerprint density at radius 1 is 0.935 bits per heavy atom. The maximum absolute atomic E-state index is 13.3. The molecule has 1 N–H and O–H groups in total. The smallest absolute Gasteiger partial charge is 0.324 e. The quantitative estimate of drug-likeness (QED) is 0.419. The van der Waals surface area contributed by atoms with Crippen LogP contribution < -0.4 is 16.6 Å².